The maximum Gasteiger partial charge on any atom is 0.360 e. The fourth-order valence-corrected chi connectivity index (χ4v) is 2.65. The Morgan fingerprint density at radius 1 is 1.09 bits per heavy atom. The number of aromatic nitrogens is 3. The Bertz CT molecular complexity index is 665. The fourth-order valence-electron chi connectivity index (χ4n) is 2.65. The van der Waals surface area contributed by atoms with Gasteiger partial charge in [-0.2, -0.15) is 0 Å². The van der Waals surface area contributed by atoms with Gasteiger partial charge in [0.05, 0.1) is 12.3 Å². The Labute approximate surface area is 133 Å². The molecule has 0 aliphatic carbocycles. The molecule has 0 spiro atoms. The topological polar surface area (TPSA) is 94.7 Å². The van der Waals surface area contributed by atoms with Crippen LogP contribution in [0.2, 0.25) is 0 Å². The molecule has 2 heterocycles. The van der Waals surface area contributed by atoms with E-state index in [1.807, 2.05) is 35.2 Å². The van der Waals surface area contributed by atoms with Crippen molar-refractivity contribution in [1.82, 2.24) is 19.9 Å². The molecule has 1 aromatic heterocycles. The van der Waals surface area contributed by atoms with Crippen molar-refractivity contribution in [3.63, 3.8) is 0 Å². The van der Waals surface area contributed by atoms with E-state index < -0.39 is 5.97 Å². The fraction of sp³-hybridized carbons (Fsp3) is 0.400. The monoisotopic (exact) mass is 317 g/mol. The summed E-state index contributed by atoms with van der Waals surface area (Å²) in [6, 6.07) is 9.24. The maximum absolute atomic E-state index is 11.5. The van der Waals surface area contributed by atoms with Gasteiger partial charge in [-0.3, -0.25) is 4.90 Å². The van der Waals surface area contributed by atoms with E-state index >= 15 is 0 Å². The summed E-state index contributed by atoms with van der Waals surface area (Å²) in [5.41, 5.74) is 0.685. The van der Waals surface area contributed by atoms with E-state index in [1.165, 1.54) is 4.80 Å². The second kappa shape index (κ2) is 6.76. The quantitative estimate of drug-likeness (QED) is 0.806. The van der Waals surface area contributed by atoms with Gasteiger partial charge in [-0.05, 0) is 12.1 Å². The minimum absolute atomic E-state index is 0.0375. The largest absolute Gasteiger partial charge is 0.476 e. The number of anilines is 1. The SMILES string of the molecule is O=C(O)c1nn(-c2ccccc2)nc1N1CCN(CCO)CC1. The molecule has 2 aromatic rings. The van der Waals surface area contributed by atoms with E-state index in [2.05, 4.69) is 15.1 Å². The summed E-state index contributed by atoms with van der Waals surface area (Å²) in [4.78, 5) is 16.9. The van der Waals surface area contributed by atoms with E-state index in [-0.39, 0.29) is 12.3 Å². The number of rotatable bonds is 5. The number of benzene rings is 1. The van der Waals surface area contributed by atoms with Gasteiger partial charge in [0.2, 0.25) is 5.69 Å². The molecular formula is C15H19N5O3. The lowest BCUT2D eigenvalue weighted by Crippen LogP contribution is -2.47. The molecule has 8 heteroatoms. The van der Waals surface area contributed by atoms with Gasteiger partial charge in [-0.1, -0.05) is 18.2 Å². The van der Waals surface area contributed by atoms with Crippen molar-refractivity contribution in [3.8, 4) is 5.69 Å². The van der Waals surface area contributed by atoms with Gasteiger partial charge in [0.1, 0.15) is 0 Å². The highest BCUT2D eigenvalue weighted by Gasteiger charge is 2.26. The molecule has 23 heavy (non-hydrogen) atoms. The predicted octanol–water partition coefficient (Wildman–Crippen LogP) is 0.0798. The smallest absolute Gasteiger partial charge is 0.360 e. The summed E-state index contributed by atoms with van der Waals surface area (Å²) < 4.78 is 0. The average Bonchev–Trinajstić information content (AvgIpc) is 3.02. The first-order chi connectivity index (χ1) is 11.2. The lowest BCUT2D eigenvalue weighted by Gasteiger charge is -2.34. The van der Waals surface area contributed by atoms with Crippen LogP contribution in [0, 0.1) is 0 Å². The molecule has 1 aromatic carbocycles. The third-order valence-corrected chi connectivity index (χ3v) is 3.87. The molecule has 1 aliphatic heterocycles. The first-order valence-electron chi connectivity index (χ1n) is 7.53. The first-order valence-corrected chi connectivity index (χ1v) is 7.53. The standard InChI is InChI=1S/C15H19N5O3/c21-11-10-18-6-8-19(9-7-18)14-13(15(22)23)16-20(17-14)12-4-2-1-3-5-12/h1-5,21H,6-11H2,(H,22,23). The zero-order valence-corrected chi connectivity index (χ0v) is 12.7. The minimum atomic E-state index is -1.08. The molecule has 0 saturated carbocycles. The van der Waals surface area contributed by atoms with Gasteiger partial charge in [0.15, 0.2) is 5.82 Å². The van der Waals surface area contributed by atoms with Crippen LogP contribution >= 0.6 is 0 Å². The van der Waals surface area contributed by atoms with Gasteiger partial charge < -0.3 is 15.1 Å². The predicted molar refractivity (Wildman–Crippen MR) is 84.1 cm³/mol. The molecule has 0 unspecified atom stereocenters. The Morgan fingerprint density at radius 3 is 2.39 bits per heavy atom. The van der Waals surface area contributed by atoms with Crippen LogP contribution < -0.4 is 4.90 Å². The zero-order valence-electron chi connectivity index (χ0n) is 12.7. The van der Waals surface area contributed by atoms with Crippen LogP contribution in [0.1, 0.15) is 10.5 Å². The van der Waals surface area contributed by atoms with Crippen LogP contribution in [0.3, 0.4) is 0 Å². The van der Waals surface area contributed by atoms with Crippen LogP contribution in [0.5, 0.6) is 0 Å². The number of carboxylic acid groups (broad SMARTS) is 1. The number of carbonyl (C=O) groups is 1. The second-order valence-corrected chi connectivity index (χ2v) is 5.35. The Hall–Kier alpha value is -2.45. The van der Waals surface area contributed by atoms with Gasteiger partial charge in [-0.25, -0.2) is 4.79 Å². The molecule has 2 N–H and O–H groups in total. The van der Waals surface area contributed by atoms with Gasteiger partial charge >= 0.3 is 5.97 Å². The highest BCUT2D eigenvalue weighted by molar-refractivity contribution is 5.91. The number of nitrogens with zero attached hydrogens (tertiary/aromatic N) is 5. The van der Waals surface area contributed by atoms with Crippen LogP contribution in [0.15, 0.2) is 30.3 Å². The average molecular weight is 317 g/mol. The lowest BCUT2D eigenvalue weighted by molar-refractivity contribution is 0.0690. The van der Waals surface area contributed by atoms with E-state index in [0.29, 0.717) is 25.5 Å². The summed E-state index contributed by atoms with van der Waals surface area (Å²) in [6.07, 6.45) is 0. The number of β-amino-alcohol motifs (C(OH)–C–C–N with tert-alkyl or cyclic N) is 1. The third kappa shape index (κ3) is 3.33. The molecule has 122 valence electrons. The van der Waals surface area contributed by atoms with Crippen molar-refractivity contribution < 1.29 is 15.0 Å². The molecule has 1 aliphatic rings. The molecule has 8 nitrogen and oxygen atoms in total. The molecule has 0 amide bonds. The number of para-hydroxylation sites is 1. The van der Waals surface area contributed by atoms with Crippen molar-refractivity contribution in [3.05, 3.63) is 36.0 Å². The number of hydrogen-bond donors (Lipinski definition) is 2. The highest BCUT2D eigenvalue weighted by atomic mass is 16.4. The normalized spacial score (nSPS) is 15.8. The summed E-state index contributed by atoms with van der Waals surface area (Å²) in [6.45, 7) is 3.61. The van der Waals surface area contributed by atoms with Crippen LogP contribution in [0.4, 0.5) is 5.82 Å². The van der Waals surface area contributed by atoms with Crippen LogP contribution in [0.25, 0.3) is 5.69 Å². The molecule has 0 atom stereocenters. The first kappa shape index (κ1) is 15.4. The number of aromatic carboxylic acids is 1. The van der Waals surface area contributed by atoms with Crippen molar-refractivity contribution in [2.24, 2.45) is 0 Å². The molecule has 3 rings (SSSR count). The number of hydrogen-bond acceptors (Lipinski definition) is 6. The van der Waals surface area contributed by atoms with Crippen LogP contribution in [-0.4, -0.2) is 75.4 Å². The molecule has 0 radical (unpaired) electrons. The van der Waals surface area contributed by atoms with Crippen molar-refractivity contribution in [2.45, 2.75) is 0 Å². The van der Waals surface area contributed by atoms with Gasteiger partial charge in [0.25, 0.3) is 0 Å². The Kier molecular flexibility index (Phi) is 4.54. The van der Waals surface area contributed by atoms with E-state index in [4.69, 9.17) is 5.11 Å². The zero-order chi connectivity index (χ0) is 16.2. The third-order valence-electron chi connectivity index (χ3n) is 3.87. The Balaban J connectivity index is 1.84. The number of aliphatic hydroxyl groups is 1. The van der Waals surface area contributed by atoms with Crippen molar-refractivity contribution in [2.75, 3.05) is 44.2 Å². The van der Waals surface area contributed by atoms with Gasteiger partial charge in [0, 0.05) is 32.7 Å². The summed E-state index contributed by atoms with van der Waals surface area (Å²) in [5.74, 6) is -0.690. The van der Waals surface area contributed by atoms with Crippen molar-refractivity contribution >= 4 is 11.8 Å². The van der Waals surface area contributed by atoms with Gasteiger partial charge in [-0.15, -0.1) is 15.0 Å². The second-order valence-electron chi connectivity index (χ2n) is 5.35. The summed E-state index contributed by atoms with van der Waals surface area (Å²) >= 11 is 0. The van der Waals surface area contributed by atoms with E-state index in [9.17, 15) is 9.90 Å². The Morgan fingerprint density at radius 2 is 1.78 bits per heavy atom. The highest BCUT2D eigenvalue weighted by Crippen LogP contribution is 2.19. The van der Waals surface area contributed by atoms with E-state index in [1.54, 1.807) is 0 Å². The number of carboxylic acids is 1. The molecule has 0 bridgehead atoms. The van der Waals surface area contributed by atoms with Crippen molar-refractivity contribution in [1.29, 1.82) is 0 Å². The van der Waals surface area contributed by atoms with Crippen LogP contribution in [-0.2, 0) is 0 Å². The number of aliphatic hydroxyl groups excluding tert-OH is 1. The summed E-state index contributed by atoms with van der Waals surface area (Å²) in [7, 11) is 0. The summed E-state index contributed by atoms with van der Waals surface area (Å²) in [5, 5.41) is 26.9. The maximum atomic E-state index is 11.5. The lowest BCUT2D eigenvalue weighted by atomic mass is 10.3. The molecule has 1 saturated heterocycles. The number of piperazine rings is 1. The molecular weight excluding hydrogens is 298 g/mol. The van der Waals surface area contributed by atoms with E-state index in [0.717, 1.165) is 18.8 Å². The minimum Gasteiger partial charge on any atom is -0.476 e. The molecule has 1 fully saturated rings.